The van der Waals surface area contributed by atoms with Gasteiger partial charge in [-0.05, 0) is 30.0 Å². The van der Waals surface area contributed by atoms with Gasteiger partial charge in [-0.15, -0.1) is 0 Å². The average molecular weight is 315 g/mol. The molecule has 1 aromatic carbocycles. The average Bonchev–Trinajstić information content (AvgIpc) is 2.97. The SMILES string of the molecule is COc1ccc(CNS(=O)(=O)CC2CCOC2)cc1OC. The Morgan fingerprint density at radius 1 is 1.29 bits per heavy atom. The summed E-state index contributed by atoms with van der Waals surface area (Å²) in [7, 11) is -0.194. The Morgan fingerprint density at radius 3 is 2.67 bits per heavy atom. The zero-order valence-corrected chi connectivity index (χ0v) is 13.1. The largest absolute Gasteiger partial charge is 0.493 e. The van der Waals surface area contributed by atoms with Crippen molar-refractivity contribution in [3.05, 3.63) is 23.8 Å². The van der Waals surface area contributed by atoms with Crippen LogP contribution in [-0.2, 0) is 21.3 Å². The molecule has 2 rings (SSSR count). The first-order valence-corrected chi connectivity index (χ1v) is 8.45. The van der Waals surface area contributed by atoms with Gasteiger partial charge in [0.2, 0.25) is 10.0 Å². The summed E-state index contributed by atoms with van der Waals surface area (Å²) in [6.07, 6.45) is 0.803. The molecule has 1 aromatic rings. The van der Waals surface area contributed by atoms with Crippen LogP contribution in [0.5, 0.6) is 11.5 Å². The lowest BCUT2D eigenvalue weighted by atomic mass is 10.2. The number of sulfonamides is 1. The Labute approximate surface area is 125 Å². The van der Waals surface area contributed by atoms with Gasteiger partial charge < -0.3 is 14.2 Å². The summed E-state index contributed by atoms with van der Waals surface area (Å²) in [4.78, 5) is 0. The van der Waals surface area contributed by atoms with Gasteiger partial charge in [0.25, 0.3) is 0 Å². The minimum Gasteiger partial charge on any atom is -0.493 e. The Balaban J connectivity index is 1.95. The third-order valence-corrected chi connectivity index (χ3v) is 4.92. The summed E-state index contributed by atoms with van der Waals surface area (Å²) < 4.78 is 42.2. The zero-order chi connectivity index (χ0) is 15.3. The minimum atomic E-state index is -3.30. The molecule has 1 unspecified atom stereocenters. The van der Waals surface area contributed by atoms with E-state index in [0.717, 1.165) is 12.0 Å². The highest BCUT2D eigenvalue weighted by Crippen LogP contribution is 2.27. The van der Waals surface area contributed by atoms with Gasteiger partial charge in [0.05, 0.1) is 26.6 Å². The fourth-order valence-electron chi connectivity index (χ4n) is 2.27. The Bertz CT molecular complexity index is 567. The van der Waals surface area contributed by atoms with Crippen molar-refractivity contribution in [2.45, 2.75) is 13.0 Å². The van der Waals surface area contributed by atoms with E-state index in [2.05, 4.69) is 4.72 Å². The maximum Gasteiger partial charge on any atom is 0.212 e. The van der Waals surface area contributed by atoms with Crippen molar-refractivity contribution in [1.82, 2.24) is 4.72 Å². The number of hydrogen-bond donors (Lipinski definition) is 1. The van der Waals surface area contributed by atoms with Crippen LogP contribution < -0.4 is 14.2 Å². The van der Waals surface area contributed by atoms with Crippen LogP contribution in [0.15, 0.2) is 18.2 Å². The number of ether oxygens (including phenoxy) is 3. The second-order valence-electron chi connectivity index (χ2n) is 5.02. The molecule has 0 amide bonds. The van der Waals surface area contributed by atoms with Crippen LogP contribution in [0.4, 0.5) is 0 Å². The van der Waals surface area contributed by atoms with Crippen LogP contribution in [0, 0.1) is 5.92 Å². The summed E-state index contributed by atoms with van der Waals surface area (Å²) in [6, 6.07) is 5.33. The van der Waals surface area contributed by atoms with E-state index in [1.54, 1.807) is 26.4 Å². The van der Waals surface area contributed by atoms with Crippen molar-refractivity contribution in [2.75, 3.05) is 33.2 Å². The molecule has 1 aliphatic heterocycles. The summed E-state index contributed by atoms with van der Waals surface area (Å²) in [6.45, 7) is 1.41. The number of benzene rings is 1. The van der Waals surface area contributed by atoms with Crippen LogP contribution in [0.1, 0.15) is 12.0 Å². The fraction of sp³-hybridized carbons (Fsp3) is 0.571. The van der Waals surface area contributed by atoms with Crippen molar-refractivity contribution in [3.8, 4) is 11.5 Å². The first-order valence-electron chi connectivity index (χ1n) is 6.80. The third kappa shape index (κ3) is 4.59. The van der Waals surface area contributed by atoms with Gasteiger partial charge >= 0.3 is 0 Å². The normalized spacial score (nSPS) is 18.7. The van der Waals surface area contributed by atoms with Crippen molar-refractivity contribution >= 4 is 10.0 Å². The number of nitrogens with one attached hydrogen (secondary N) is 1. The van der Waals surface area contributed by atoms with E-state index >= 15 is 0 Å². The van der Waals surface area contributed by atoms with Gasteiger partial charge in [0, 0.05) is 13.2 Å². The summed E-state index contributed by atoms with van der Waals surface area (Å²) in [5.41, 5.74) is 0.818. The first-order chi connectivity index (χ1) is 10.0. The van der Waals surface area contributed by atoms with Gasteiger partial charge in [-0.25, -0.2) is 13.1 Å². The standard InChI is InChI=1S/C14H21NO5S/c1-18-13-4-3-11(7-14(13)19-2)8-15-21(16,17)10-12-5-6-20-9-12/h3-4,7,12,15H,5-6,8-10H2,1-2H3. The Hall–Kier alpha value is -1.31. The predicted molar refractivity (Wildman–Crippen MR) is 79.1 cm³/mol. The zero-order valence-electron chi connectivity index (χ0n) is 12.3. The van der Waals surface area contributed by atoms with Crippen LogP contribution in [-0.4, -0.2) is 41.6 Å². The third-order valence-electron chi connectivity index (χ3n) is 3.42. The van der Waals surface area contributed by atoms with Crippen molar-refractivity contribution in [3.63, 3.8) is 0 Å². The molecular formula is C14H21NO5S. The van der Waals surface area contributed by atoms with Crippen LogP contribution >= 0.6 is 0 Å². The molecule has 1 heterocycles. The molecule has 0 aromatic heterocycles. The second kappa shape index (κ2) is 7.11. The van der Waals surface area contributed by atoms with E-state index in [1.165, 1.54) is 0 Å². The van der Waals surface area contributed by atoms with Gasteiger partial charge in [0.1, 0.15) is 0 Å². The molecule has 0 spiro atoms. The lowest BCUT2D eigenvalue weighted by Crippen LogP contribution is -2.29. The molecule has 0 radical (unpaired) electrons. The van der Waals surface area contributed by atoms with Gasteiger partial charge in [-0.1, -0.05) is 6.07 Å². The molecule has 6 nitrogen and oxygen atoms in total. The van der Waals surface area contributed by atoms with E-state index in [4.69, 9.17) is 14.2 Å². The Kier molecular flexibility index (Phi) is 5.44. The lowest BCUT2D eigenvalue weighted by Gasteiger charge is -2.12. The molecular weight excluding hydrogens is 294 g/mol. The molecule has 1 saturated heterocycles. The van der Waals surface area contributed by atoms with E-state index in [-0.39, 0.29) is 18.2 Å². The second-order valence-corrected chi connectivity index (χ2v) is 6.87. The number of rotatable bonds is 7. The number of methoxy groups -OCH3 is 2. The van der Waals surface area contributed by atoms with Crippen molar-refractivity contribution in [2.24, 2.45) is 5.92 Å². The smallest absolute Gasteiger partial charge is 0.212 e. The molecule has 1 atom stereocenters. The Morgan fingerprint density at radius 2 is 2.05 bits per heavy atom. The summed E-state index contributed by atoms with van der Waals surface area (Å²) in [5.74, 6) is 1.40. The molecule has 0 aliphatic carbocycles. The van der Waals surface area contributed by atoms with E-state index in [1.807, 2.05) is 6.07 Å². The maximum absolute atomic E-state index is 12.0. The topological polar surface area (TPSA) is 73.9 Å². The van der Waals surface area contributed by atoms with Crippen molar-refractivity contribution < 1.29 is 22.6 Å². The lowest BCUT2D eigenvalue weighted by molar-refractivity contribution is 0.188. The molecule has 0 bridgehead atoms. The fourth-order valence-corrected chi connectivity index (χ4v) is 3.66. The molecule has 1 aliphatic rings. The summed E-state index contributed by atoms with van der Waals surface area (Å²) in [5, 5.41) is 0. The molecule has 1 fully saturated rings. The van der Waals surface area contributed by atoms with Gasteiger partial charge in [-0.3, -0.25) is 0 Å². The van der Waals surface area contributed by atoms with E-state index in [9.17, 15) is 8.42 Å². The summed E-state index contributed by atoms with van der Waals surface area (Å²) >= 11 is 0. The monoisotopic (exact) mass is 315 g/mol. The highest BCUT2D eigenvalue weighted by molar-refractivity contribution is 7.89. The molecule has 118 valence electrons. The highest BCUT2D eigenvalue weighted by atomic mass is 32.2. The maximum atomic E-state index is 12.0. The van der Waals surface area contributed by atoms with Crippen molar-refractivity contribution in [1.29, 1.82) is 0 Å². The predicted octanol–water partition coefficient (Wildman–Crippen LogP) is 1.16. The van der Waals surface area contributed by atoms with Crippen LogP contribution in [0.2, 0.25) is 0 Å². The minimum absolute atomic E-state index is 0.0907. The quantitative estimate of drug-likeness (QED) is 0.817. The molecule has 1 N–H and O–H groups in total. The van der Waals surface area contributed by atoms with Crippen LogP contribution in [0.3, 0.4) is 0 Å². The first kappa shape index (κ1) is 16.1. The van der Waals surface area contributed by atoms with E-state index in [0.29, 0.717) is 24.7 Å². The van der Waals surface area contributed by atoms with Crippen LogP contribution in [0.25, 0.3) is 0 Å². The van der Waals surface area contributed by atoms with Gasteiger partial charge in [-0.2, -0.15) is 0 Å². The van der Waals surface area contributed by atoms with Gasteiger partial charge in [0.15, 0.2) is 11.5 Å². The molecule has 7 heteroatoms. The molecule has 21 heavy (non-hydrogen) atoms. The number of hydrogen-bond acceptors (Lipinski definition) is 5. The van der Waals surface area contributed by atoms with E-state index < -0.39 is 10.0 Å². The highest BCUT2D eigenvalue weighted by Gasteiger charge is 2.22. The molecule has 0 saturated carbocycles.